The van der Waals surface area contributed by atoms with Crippen LogP contribution in [0.15, 0.2) is 0 Å². The van der Waals surface area contributed by atoms with E-state index in [-0.39, 0.29) is 75.5 Å². The quantitative estimate of drug-likeness (QED) is 0.174. The van der Waals surface area contributed by atoms with E-state index >= 15 is 0 Å². The molecular formula is C7H12Ca2O9. The van der Waals surface area contributed by atoms with Crippen LogP contribution in [0, 0.1) is 11.8 Å². The normalized spacial score (nSPS) is 12.1. The van der Waals surface area contributed by atoms with Gasteiger partial charge in [-0.05, 0) is 0 Å². The van der Waals surface area contributed by atoms with E-state index in [1.807, 2.05) is 0 Å². The second kappa shape index (κ2) is 11.2. The standard InChI is InChI=1S/C7H8O9.2Ca.4H/c8-3(9)1-2(5(10)11)4(6(12)13)7(14)16-15;;;;;;/h2,4,15H,1H2,(H,8,9)(H,10,11)(H,12,13);;;;;;. The fourth-order valence-electron chi connectivity index (χ4n) is 1.03. The first-order chi connectivity index (χ1) is 7.31. The van der Waals surface area contributed by atoms with Crippen LogP contribution in [0.25, 0.3) is 0 Å². The summed E-state index contributed by atoms with van der Waals surface area (Å²) in [7, 11) is 0. The van der Waals surface area contributed by atoms with Crippen molar-refractivity contribution in [3.05, 3.63) is 0 Å². The Labute approximate surface area is 160 Å². The number of carbonyl (C=O) groups excluding carboxylic acids is 1. The summed E-state index contributed by atoms with van der Waals surface area (Å²) in [5.41, 5.74) is 0. The van der Waals surface area contributed by atoms with Gasteiger partial charge in [-0.2, -0.15) is 5.26 Å². The average molecular weight is 320 g/mol. The van der Waals surface area contributed by atoms with Gasteiger partial charge in [0.25, 0.3) is 0 Å². The molecule has 0 aliphatic heterocycles. The first-order valence-corrected chi connectivity index (χ1v) is 3.84. The Bertz CT molecular complexity index is 329. The van der Waals surface area contributed by atoms with Gasteiger partial charge in [0.2, 0.25) is 0 Å². The van der Waals surface area contributed by atoms with E-state index in [0.29, 0.717) is 0 Å². The van der Waals surface area contributed by atoms with Crippen LogP contribution in [0.1, 0.15) is 6.42 Å². The van der Waals surface area contributed by atoms with E-state index in [1.165, 1.54) is 0 Å². The van der Waals surface area contributed by atoms with Gasteiger partial charge in [-0.1, -0.05) is 0 Å². The van der Waals surface area contributed by atoms with Gasteiger partial charge < -0.3 is 20.2 Å². The van der Waals surface area contributed by atoms with Crippen LogP contribution in [-0.2, 0) is 24.1 Å². The molecule has 2 unspecified atom stereocenters. The van der Waals surface area contributed by atoms with Crippen molar-refractivity contribution >= 4 is 99.4 Å². The van der Waals surface area contributed by atoms with Gasteiger partial charge in [-0.15, -0.1) is 0 Å². The predicted molar refractivity (Wildman–Crippen MR) is 60.3 cm³/mol. The minimum absolute atomic E-state index is 0. The molecule has 0 fully saturated rings. The Morgan fingerprint density at radius 2 is 1.39 bits per heavy atom. The third-order valence-corrected chi connectivity index (χ3v) is 1.72. The predicted octanol–water partition coefficient (Wildman–Crippen LogP) is -2.95. The fraction of sp³-hybridized carbons (Fsp3) is 0.429. The average Bonchev–Trinajstić information content (AvgIpc) is 2.14. The van der Waals surface area contributed by atoms with Gasteiger partial charge in [0.15, 0.2) is 5.92 Å². The number of carbonyl (C=O) groups is 4. The molecule has 0 aromatic heterocycles. The minimum atomic E-state index is -2.28. The second-order valence-electron chi connectivity index (χ2n) is 2.77. The zero-order valence-corrected chi connectivity index (χ0v) is 7.69. The van der Waals surface area contributed by atoms with Crippen LogP contribution >= 0.6 is 0 Å². The van der Waals surface area contributed by atoms with Gasteiger partial charge in [0, 0.05) is 0 Å². The van der Waals surface area contributed by atoms with Crippen LogP contribution in [0.3, 0.4) is 0 Å². The molecule has 0 saturated carbocycles. The molecule has 0 rings (SSSR count). The molecule has 0 bridgehead atoms. The van der Waals surface area contributed by atoms with Crippen molar-refractivity contribution in [1.29, 1.82) is 0 Å². The van der Waals surface area contributed by atoms with E-state index in [1.54, 1.807) is 0 Å². The number of carboxylic acids is 3. The molecule has 4 N–H and O–H groups in total. The molecule has 0 amide bonds. The Morgan fingerprint density at radius 1 is 0.944 bits per heavy atom. The fourth-order valence-corrected chi connectivity index (χ4v) is 1.03. The van der Waals surface area contributed by atoms with Crippen LogP contribution in [0.4, 0.5) is 0 Å². The van der Waals surface area contributed by atoms with Crippen molar-refractivity contribution < 1.29 is 44.6 Å². The molecule has 0 aromatic carbocycles. The molecule has 0 radical (unpaired) electrons. The third-order valence-electron chi connectivity index (χ3n) is 1.72. The summed E-state index contributed by atoms with van der Waals surface area (Å²) in [4.78, 5) is 45.3. The number of hydrogen-bond donors (Lipinski definition) is 4. The van der Waals surface area contributed by atoms with Gasteiger partial charge in [0.1, 0.15) is 0 Å². The molecule has 0 aromatic rings. The summed E-state index contributed by atoms with van der Waals surface area (Å²) in [5.74, 6) is -11.3. The molecule has 11 heteroatoms. The van der Waals surface area contributed by atoms with Crippen LogP contribution in [0.2, 0.25) is 0 Å². The monoisotopic (exact) mass is 320 g/mol. The van der Waals surface area contributed by atoms with Crippen molar-refractivity contribution in [1.82, 2.24) is 0 Å². The zero-order valence-electron chi connectivity index (χ0n) is 7.69. The summed E-state index contributed by atoms with van der Waals surface area (Å²) < 4.78 is 0. The van der Waals surface area contributed by atoms with Gasteiger partial charge in [-0.3, -0.25) is 14.4 Å². The van der Waals surface area contributed by atoms with Gasteiger partial charge >= 0.3 is 99.4 Å². The van der Waals surface area contributed by atoms with E-state index in [0.717, 1.165) is 0 Å². The molecule has 9 nitrogen and oxygen atoms in total. The Balaban J connectivity index is -0.00000112. The van der Waals surface area contributed by atoms with Crippen molar-refractivity contribution in [2.75, 3.05) is 0 Å². The SMILES string of the molecule is O=C(O)CC(C(=O)O)C(C(=O)O)C(=O)OO.[CaH2].[CaH2]. The van der Waals surface area contributed by atoms with E-state index < -0.39 is 42.1 Å². The van der Waals surface area contributed by atoms with Crippen molar-refractivity contribution in [2.24, 2.45) is 11.8 Å². The molecule has 2 atom stereocenters. The number of rotatable bonds is 6. The molecular weight excluding hydrogens is 308 g/mol. The first-order valence-electron chi connectivity index (χ1n) is 3.84. The number of carboxylic acid groups (broad SMARTS) is 3. The summed E-state index contributed by atoms with van der Waals surface area (Å²) in [6, 6.07) is 0. The molecule has 0 spiro atoms. The zero-order chi connectivity index (χ0) is 12.9. The Hall–Kier alpha value is 0.359. The summed E-state index contributed by atoms with van der Waals surface area (Å²) in [6.07, 6.45) is -1.08. The Kier molecular flexibility index (Phi) is 14.6. The molecule has 98 valence electrons. The van der Waals surface area contributed by atoms with Crippen LogP contribution in [0.5, 0.6) is 0 Å². The van der Waals surface area contributed by atoms with Crippen LogP contribution < -0.4 is 0 Å². The van der Waals surface area contributed by atoms with Crippen molar-refractivity contribution in [3.8, 4) is 0 Å². The molecule has 0 aliphatic carbocycles. The maximum absolute atomic E-state index is 10.8. The van der Waals surface area contributed by atoms with Gasteiger partial charge in [0.05, 0.1) is 12.3 Å². The summed E-state index contributed by atoms with van der Waals surface area (Å²) >= 11 is 0. The molecule has 0 saturated heterocycles. The van der Waals surface area contributed by atoms with E-state index in [9.17, 15) is 19.2 Å². The van der Waals surface area contributed by atoms with E-state index in [2.05, 4.69) is 4.89 Å². The topological polar surface area (TPSA) is 158 Å². The Morgan fingerprint density at radius 3 is 1.61 bits per heavy atom. The first kappa shape index (κ1) is 23.5. The van der Waals surface area contributed by atoms with Crippen molar-refractivity contribution in [3.63, 3.8) is 0 Å². The molecule has 0 aliphatic rings. The molecule has 0 heterocycles. The van der Waals surface area contributed by atoms with Gasteiger partial charge in [-0.25, -0.2) is 4.79 Å². The second-order valence-corrected chi connectivity index (χ2v) is 2.77. The summed E-state index contributed by atoms with van der Waals surface area (Å²) in [6.45, 7) is 0. The van der Waals surface area contributed by atoms with Crippen molar-refractivity contribution in [2.45, 2.75) is 6.42 Å². The van der Waals surface area contributed by atoms with Crippen LogP contribution in [-0.4, -0.2) is 120 Å². The third kappa shape index (κ3) is 7.72. The number of aliphatic carboxylic acids is 3. The maximum atomic E-state index is 10.8. The number of hydrogen-bond acceptors (Lipinski definition) is 6. The summed E-state index contributed by atoms with van der Waals surface area (Å²) in [5, 5.41) is 33.4. The van der Waals surface area contributed by atoms with E-state index in [4.69, 9.17) is 20.6 Å². The molecule has 18 heavy (non-hydrogen) atoms.